The molecule has 2 rings (SSSR count). The molecule has 15 heavy (non-hydrogen) atoms. The van der Waals surface area contributed by atoms with Crippen molar-refractivity contribution in [1.82, 2.24) is 0 Å². The second-order valence-corrected chi connectivity index (χ2v) is 4.08. The van der Waals surface area contributed by atoms with Crippen LogP contribution in [-0.4, -0.2) is 11.9 Å². The first kappa shape index (κ1) is 15.9. The summed E-state index contributed by atoms with van der Waals surface area (Å²) in [5.41, 5.74) is 0. The third-order valence-electron chi connectivity index (χ3n) is 3.46. The minimum absolute atomic E-state index is 0. The molecule has 0 aromatic rings. The Morgan fingerprint density at radius 3 is 1.33 bits per heavy atom. The van der Waals surface area contributed by atoms with E-state index in [1.165, 1.54) is 0 Å². The number of carbonyl (C=O) groups excluding carboxylic acids is 2. The van der Waals surface area contributed by atoms with Crippen LogP contribution in [0, 0.1) is 23.7 Å². The maximum absolute atomic E-state index is 10.6. The Morgan fingerprint density at radius 1 is 0.800 bits per heavy atom. The van der Waals surface area contributed by atoms with E-state index in [9.17, 15) is 19.8 Å². The molecule has 72 valence electrons. The zero-order chi connectivity index (χ0) is 9.59. The van der Waals surface area contributed by atoms with Crippen LogP contribution in [0.15, 0.2) is 0 Å². The number of carboxylic acids is 2. The Labute approximate surface area is 132 Å². The molecule has 2 aliphatic carbocycles. The number of carbonyl (C=O) groups is 2. The molecular formula is C9H10Na2O4. The Bertz CT molecular complexity index is 243. The van der Waals surface area contributed by atoms with Gasteiger partial charge in [0.25, 0.3) is 0 Å². The molecule has 0 aromatic carbocycles. The second-order valence-electron chi connectivity index (χ2n) is 4.08. The second kappa shape index (κ2) is 6.03. The van der Waals surface area contributed by atoms with E-state index in [1.807, 2.05) is 0 Å². The normalized spacial score (nSPS) is 36.5. The third-order valence-corrected chi connectivity index (χ3v) is 3.46. The number of hydrogen-bond donors (Lipinski definition) is 0. The van der Waals surface area contributed by atoms with E-state index >= 15 is 0 Å². The van der Waals surface area contributed by atoms with Gasteiger partial charge in [0.15, 0.2) is 0 Å². The largest absolute Gasteiger partial charge is 1.00 e. The van der Waals surface area contributed by atoms with Gasteiger partial charge in [-0.3, -0.25) is 0 Å². The van der Waals surface area contributed by atoms with Gasteiger partial charge in [0.2, 0.25) is 0 Å². The molecule has 2 fully saturated rings. The van der Waals surface area contributed by atoms with Crippen LogP contribution in [0.5, 0.6) is 0 Å². The minimum atomic E-state index is -1.02. The molecule has 4 unspecified atom stereocenters. The van der Waals surface area contributed by atoms with Crippen molar-refractivity contribution < 1.29 is 78.9 Å². The molecule has 0 N–H and O–H groups in total. The van der Waals surface area contributed by atoms with Gasteiger partial charge < -0.3 is 19.8 Å². The van der Waals surface area contributed by atoms with Crippen molar-refractivity contribution in [3.8, 4) is 0 Å². The molecule has 4 atom stereocenters. The molecule has 2 aliphatic rings. The number of fused-ring (bicyclic) bond motifs is 2. The summed E-state index contributed by atoms with van der Waals surface area (Å²) in [5.74, 6) is -2.86. The van der Waals surface area contributed by atoms with Crippen molar-refractivity contribution in [2.24, 2.45) is 23.7 Å². The van der Waals surface area contributed by atoms with Gasteiger partial charge in [0.05, 0.1) is 0 Å². The summed E-state index contributed by atoms with van der Waals surface area (Å²) in [7, 11) is 0. The van der Waals surface area contributed by atoms with Crippen molar-refractivity contribution in [1.29, 1.82) is 0 Å². The molecule has 4 nitrogen and oxygen atoms in total. The van der Waals surface area contributed by atoms with Gasteiger partial charge in [0, 0.05) is 23.8 Å². The van der Waals surface area contributed by atoms with Gasteiger partial charge in [0.1, 0.15) is 0 Å². The molecule has 0 radical (unpaired) electrons. The summed E-state index contributed by atoms with van der Waals surface area (Å²) >= 11 is 0. The van der Waals surface area contributed by atoms with Gasteiger partial charge in [-0.2, -0.15) is 0 Å². The van der Waals surface area contributed by atoms with Crippen molar-refractivity contribution in [2.75, 3.05) is 0 Å². The van der Waals surface area contributed by atoms with Gasteiger partial charge >= 0.3 is 59.1 Å². The quantitative estimate of drug-likeness (QED) is 0.440. The van der Waals surface area contributed by atoms with E-state index in [1.54, 1.807) is 0 Å². The van der Waals surface area contributed by atoms with Crippen LogP contribution >= 0.6 is 0 Å². The topological polar surface area (TPSA) is 80.3 Å². The standard InChI is InChI=1S/C9H12O4.2Na/c10-8(11)6-2-4-1-5(6)3-7(4)9(12)13;;/h4-7H,1-3H2,(H,10,11)(H,12,13);;/q;2*+1/p-2. The molecular weight excluding hydrogens is 218 g/mol. The van der Waals surface area contributed by atoms with Crippen molar-refractivity contribution in [2.45, 2.75) is 19.3 Å². The Kier molecular flexibility index (Phi) is 6.41. The molecule has 0 saturated heterocycles. The maximum Gasteiger partial charge on any atom is 1.00 e. The van der Waals surface area contributed by atoms with Crippen molar-refractivity contribution >= 4 is 11.9 Å². The summed E-state index contributed by atoms with van der Waals surface area (Å²) in [6.45, 7) is 0. The van der Waals surface area contributed by atoms with Crippen LogP contribution in [0.3, 0.4) is 0 Å². The van der Waals surface area contributed by atoms with Crippen molar-refractivity contribution in [3.05, 3.63) is 0 Å². The van der Waals surface area contributed by atoms with Crippen LogP contribution in [0.1, 0.15) is 19.3 Å². The summed E-state index contributed by atoms with van der Waals surface area (Å²) < 4.78 is 0. The fourth-order valence-electron chi connectivity index (χ4n) is 2.85. The first-order valence-electron chi connectivity index (χ1n) is 4.51. The molecule has 6 heteroatoms. The SMILES string of the molecule is O=C([O-])C1CC2CC1CC2C(=O)[O-].[Na+].[Na+]. The fraction of sp³-hybridized carbons (Fsp3) is 0.778. The smallest absolute Gasteiger partial charge is 0.550 e. The summed E-state index contributed by atoms with van der Waals surface area (Å²) in [6, 6.07) is 0. The van der Waals surface area contributed by atoms with Gasteiger partial charge in [-0.25, -0.2) is 0 Å². The molecule has 2 saturated carbocycles. The molecule has 2 bridgehead atoms. The van der Waals surface area contributed by atoms with Crippen LogP contribution in [0.4, 0.5) is 0 Å². The predicted octanol–water partition coefficient (Wildman–Crippen LogP) is -7.84. The van der Waals surface area contributed by atoms with Crippen LogP contribution < -0.4 is 69.3 Å². The monoisotopic (exact) mass is 228 g/mol. The first-order valence-corrected chi connectivity index (χ1v) is 4.51. The predicted molar refractivity (Wildman–Crippen MR) is 37.8 cm³/mol. The van der Waals surface area contributed by atoms with E-state index in [0.29, 0.717) is 12.8 Å². The van der Waals surface area contributed by atoms with Crippen molar-refractivity contribution in [3.63, 3.8) is 0 Å². The third kappa shape index (κ3) is 2.99. The Morgan fingerprint density at radius 2 is 1.13 bits per heavy atom. The van der Waals surface area contributed by atoms with E-state index in [4.69, 9.17) is 0 Å². The zero-order valence-electron chi connectivity index (χ0n) is 9.06. The van der Waals surface area contributed by atoms with E-state index in [-0.39, 0.29) is 71.0 Å². The van der Waals surface area contributed by atoms with E-state index < -0.39 is 23.8 Å². The minimum Gasteiger partial charge on any atom is -0.550 e. The van der Waals surface area contributed by atoms with Gasteiger partial charge in [-0.1, -0.05) is 0 Å². The number of carboxylic acid groups (broad SMARTS) is 2. The first-order chi connectivity index (χ1) is 6.09. The van der Waals surface area contributed by atoms with Gasteiger partial charge in [-0.15, -0.1) is 0 Å². The molecule has 0 heterocycles. The summed E-state index contributed by atoms with van der Waals surface area (Å²) in [6.07, 6.45) is 1.65. The molecule has 0 spiro atoms. The van der Waals surface area contributed by atoms with E-state index in [2.05, 4.69) is 0 Å². The number of hydrogen-bond acceptors (Lipinski definition) is 4. The summed E-state index contributed by atoms with van der Waals surface area (Å²) in [5, 5.41) is 21.2. The zero-order valence-corrected chi connectivity index (χ0v) is 13.1. The average molecular weight is 228 g/mol. The Hall–Kier alpha value is 0.940. The average Bonchev–Trinajstić information content (AvgIpc) is 2.60. The molecule has 0 aliphatic heterocycles. The molecule has 0 amide bonds. The maximum atomic E-state index is 10.6. The van der Waals surface area contributed by atoms with Crippen LogP contribution in [0.2, 0.25) is 0 Å². The Balaban J connectivity index is 0.000000980. The summed E-state index contributed by atoms with van der Waals surface area (Å²) in [4.78, 5) is 21.2. The molecule has 0 aromatic heterocycles. The van der Waals surface area contributed by atoms with Crippen LogP contribution in [-0.2, 0) is 9.59 Å². The number of rotatable bonds is 2. The van der Waals surface area contributed by atoms with Crippen LogP contribution in [0.25, 0.3) is 0 Å². The number of aliphatic carboxylic acids is 2. The van der Waals surface area contributed by atoms with E-state index in [0.717, 1.165) is 6.42 Å². The van der Waals surface area contributed by atoms with Gasteiger partial charge in [-0.05, 0) is 31.1 Å². The fourth-order valence-corrected chi connectivity index (χ4v) is 2.85.